The molecule has 96 valence electrons. The van der Waals surface area contributed by atoms with Crippen LogP contribution in [0, 0.1) is 11.2 Å². The minimum absolute atomic E-state index is 0.0890. The zero-order valence-electron chi connectivity index (χ0n) is 10.1. The molecule has 0 aliphatic carbocycles. The Hall–Kier alpha value is -1.30. The van der Waals surface area contributed by atoms with Crippen LogP contribution >= 0.6 is 0 Å². The van der Waals surface area contributed by atoms with Crippen LogP contribution in [-0.4, -0.2) is 14.2 Å². The summed E-state index contributed by atoms with van der Waals surface area (Å²) in [5, 5.41) is 0. The van der Waals surface area contributed by atoms with E-state index in [9.17, 15) is 12.8 Å². The predicted molar refractivity (Wildman–Crippen MR) is 67.7 cm³/mol. The fourth-order valence-corrected chi connectivity index (χ4v) is 3.10. The van der Waals surface area contributed by atoms with Gasteiger partial charge < -0.3 is 5.73 Å². The van der Waals surface area contributed by atoms with Crippen molar-refractivity contribution in [1.29, 1.82) is 0 Å². The molecule has 0 saturated heterocycles. The number of nitrogens with two attached hydrogens (primary N) is 1. The van der Waals surface area contributed by atoms with Gasteiger partial charge in [-0.3, -0.25) is 4.72 Å². The van der Waals surface area contributed by atoms with E-state index in [4.69, 9.17) is 5.73 Å². The molecule has 0 aliphatic heterocycles. The van der Waals surface area contributed by atoms with E-state index in [-0.39, 0.29) is 11.4 Å². The average molecular weight is 260 g/mol. The highest BCUT2D eigenvalue weighted by molar-refractivity contribution is 7.92. The standard InChI is InChI=1S/C11H17FN2O2S/c1-11(2,3)7-17(15,16)14-10-6-8(13)4-5-9(10)12/h4-6,14H,7,13H2,1-3H3. The van der Waals surface area contributed by atoms with E-state index in [1.54, 1.807) is 20.8 Å². The van der Waals surface area contributed by atoms with E-state index in [1.165, 1.54) is 12.1 Å². The summed E-state index contributed by atoms with van der Waals surface area (Å²) in [7, 11) is -3.58. The molecule has 0 amide bonds. The van der Waals surface area contributed by atoms with Gasteiger partial charge in [0.15, 0.2) is 0 Å². The molecule has 0 spiro atoms. The van der Waals surface area contributed by atoms with Gasteiger partial charge in [-0.15, -0.1) is 0 Å². The van der Waals surface area contributed by atoms with Crippen LogP contribution in [0.2, 0.25) is 0 Å². The molecule has 0 radical (unpaired) electrons. The highest BCUT2D eigenvalue weighted by atomic mass is 32.2. The summed E-state index contributed by atoms with van der Waals surface area (Å²) in [5.41, 5.74) is 5.26. The third-order valence-electron chi connectivity index (χ3n) is 1.88. The first-order valence-corrected chi connectivity index (χ1v) is 6.80. The molecular formula is C11H17FN2O2S. The van der Waals surface area contributed by atoms with Crippen LogP contribution in [0.15, 0.2) is 18.2 Å². The minimum atomic E-state index is -3.58. The third-order valence-corrected chi connectivity index (χ3v) is 3.66. The van der Waals surface area contributed by atoms with Gasteiger partial charge in [0.2, 0.25) is 10.0 Å². The summed E-state index contributed by atoms with van der Waals surface area (Å²) in [4.78, 5) is 0. The van der Waals surface area contributed by atoms with Gasteiger partial charge in [0.05, 0.1) is 11.4 Å². The lowest BCUT2D eigenvalue weighted by molar-refractivity contribution is 0.463. The number of rotatable bonds is 3. The van der Waals surface area contributed by atoms with Crippen molar-refractivity contribution in [3.63, 3.8) is 0 Å². The predicted octanol–water partition coefficient (Wildman–Crippen LogP) is 2.20. The maximum atomic E-state index is 13.4. The van der Waals surface area contributed by atoms with Gasteiger partial charge in [-0.2, -0.15) is 0 Å². The van der Waals surface area contributed by atoms with Crippen molar-refractivity contribution in [2.24, 2.45) is 5.41 Å². The topological polar surface area (TPSA) is 72.2 Å². The van der Waals surface area contributed by atoms with Gasteiger partial charge in [0.1, 0.15) is 5.82 Å². The van der Waals surface area contributed by atoms with Crippen molar-refractivity contribution in [2.45, 2.75) is 20.8 Å². The SMILES string of the molecule is CC(C)(C)CS(=O)(=O)Nc1cc(N)ccc1F. The van der Waals surface area contributed by atoms with Gasteiger partial charge in [0.25, 0.3) is 0 Å². The summed E-state index contributed by atoms with van der Waals surface area (Å²) < 4.78 is 39.1. The lowest BCUT2D eigenvalue weighted by Crippen LogP contribution is -2.26. The smallest absolute Gasteiger partial charge is 0.233 e. The molecule has 0 atom stereocenters. The fraction of sp³-hybridized carbons (Fsp3) is 0.455. The van der Waals surface area contributed by atoms with Crippen LogP contribution in [0.3, 0.4) is 0 Å². The summed E-state index contributed by atoms with van der Waals surface area (Å²) in [6, 6.07) is 3.76. The van der Waals surface area contributed by atoms with Crippen molar-refractivity contribution in [3.8, 4) is 0 Å². The van der Waals surface area contributed by atoms with Crippen molar-refractivity contribution in [3.05, 3.63) is 24.0 Å². The Morgan fingerprint density at radius 2 is 1.94 bits per heavy atom. The van der Waals surface area contributed by atoms with Crippen LogP contribution in [0.25, 0.3) is 0 Å². The first kappa shape index (κ1) is 13.8. The summed E-state index contributed by atoms with van der Waals surface area (Å²) in [6.07, 6.45) is 0. The molecular weight excluding hydrogens is 243 g/mol. The van der Waals surface area contributed by atoms with Gasteiger partial charge in [0, 0.05) is 5.69 Å². The number of anilines is 2. The van der Waals surface area contributed by atoms with Gasteiger partial charge >= 0.3 is 0 Å². The van der Waals surface area contributed by atoms with E-state index in [0.29, 0.717) is 5.69 Å². The molecule has 1 rings (SSSR count). The van der Waals surface area contributed by atoms with Gasteiger partial charge in [-0.1, -0.05) is 20.8 Å². The largest absolute Gasteiger partial charge is 0.399 e. The molecule has 1 aromatic carbocycles. The quantitative estimate of drug-likeness (QED) is 0.818. The Morgan fingerprint density at radius 1 is 1.35 bits per heavy atom. The zero-order chi connectivity index (χ0) is 13.3. The van der Waals surface area contributed by atoms with Gasteiger partial charge in [-0.25, -0.2) is 12.8 Å². The number of nitrogens with one attached hydrogen (secondary N) is 1. The van der Waals surface area contributed by atoms with E-state index < -0.39 is 21.3 Å². The molecule has 0 bridgehead atoms. The summed E-state index contributed by atoms with van der Waals surface area (Å²) in [6.45, 7) is 5.38. The number of halogens is 1. The molecule has 0 fully saturated rings. The Labute approximate surface area is 101 Å². The lowest BCUT2D eigenvalue weighted by atomic mass is 10.0. The summed E-state index contributed by atoms with van der Waals surface area (Å²) in [5.74, 6) is -0.731. The van der Waals surface area contributed by atoms with Crippen molar-refractivity contribution in [2.75, 3.05) is 16.2 Å². The van der Waals surface area contributed by atoms with Crippen molar-refractivity contribution >= 4 is 21.4 Å². The summed E-state index contributed by atoms with van der Waals surface area (Å²) >= 11 is 0. The van der Waals surface area contributed by atoms with E-state index in [2.05, 4.69) is 4.72 Å². The van der Waals surface area contributed by atoms with Crippen molar-refractivity contribution in [1.82, 2.24) is 0 Å². The fourth-order valence-electron chi connectivity index (χ4n) is 1.39. The van der Waals surface area contributed by atoms with Crippen LogP contribution in [0.4, 0.5) is 15.8 Å². The monoisotopic (exact) mass is 260 g/mol. The molecule has 0 saturated carbocycles. The second-order valence-corrected chi connectivity index (χ2v) is 6.88. The van der Waals surface area contributed by atoms with Crippen molar-refractivity contribution < 1.29 is 12.8 Å². The van der Waals surface area contributed by atoms with Crippen LogP contribution in [0.5, 0.6) is 0 Å². The highest BCUT2D eigenvalue weighted by Gasteiger charge is 2.22. The number of sulfonamides is 1. The third kappa shape index (κ3) is 4.60. The maximum Gasteiger partial charge on any atom is 0.233 e. The van der Waals surface area contributed by atoms with Crippen LogP contribution in [-0.2, 0) is 10.0 Å². The van der Waals surface area contributed by atoms with E-state index >= 15 is 0 Å². The Morgan fingerprint density at radius 3 is 2.47 bits per heavy atom. The van der Waals surface area contributed by atoms with Gasteiger partial charge in [-0.05, 0) is 23.6 Å². The molecule has 0 aromatic heterocycles. The number of nitrogen functional groups attached to an aromatic ring is 1. The van der Waals surface area contributed by atoms with Crippen LogP contribution < -0.4 is 10.5 Å². The van der Waals surface area contributed by atoms with Crippen LogP contribution in [0.1, 0.15) is 20.8 Å². The minimum Gasteiger partial charge on any atom is -0.399 e. The second-order valence-electron chi connectivity index (χ2n) is 5.16. The Balaban J connectivity index is 2.94. The number of benzene rings is 1. The molecule has 4 nitrogen and oxygen atoms in total. The molecule has 0 heterocycles. The molecule has 6 heteroatoms. The first-order valence-electron chi connectivity index (χ1n) is 5.15. The average Bonchev–Trinajstić information content (AvgIpc) is 2.06. The normalized spacial score (nSPS) is 12.5. The lowest BCUT2D eigenvalue weighted by Gasteiger charge is -2.19. The molecule has 1 aromatic rings. The Bertz CT molecular complexity index is 507. The highest BCUT2D eigenvalue weighted by Crippen LogP contribution is 2.22. The number of hydrogen-bond acceptors (Lipinski definition) is 3. The zero-order valence-corrected chi connectivity index (χ0v) is 10.9. The van der Waals surface area contributed by atoms with E-state index in [1.807, 2.05) is 0 Å². The van der Waals surface area contributed by atoms with E-state index in [0.717, 1.165) is 6.07 Å². The molecule has 17 heavy (non-hydrogen) atoms. The first-order chi connectivity index (χ1) is 7.59. The Kier molecular flexibility index (Phi) is 3.66. The number of hydrogen-bond donors (Lipinski definition) is 2. The second kappa shape index (κ2) is 4.52. The maximum absolute atomic E-state index is 13.4. The molecule has 0 unspecified atom stereocenters. The molecule has 0 aliphatic rings. The molecule has 3 N–H and O–H groups in total.